The first kappa shape index (κ1) is 31.6. The minimum Gasteiger partial charge on any atom is -0.352 e. The van der Waals surface area contributed by atoms with E-state index in [0.29, 0.717) is 45.6 Å². The number of alkyl halides is 7. The molecule has 41 heavy (non-hydrogen) atoms. The van der Waals surface area contributed by atoms with E-state index in [0.717, 1.165) is 12.8 Å². The van der Waals surface area contributed by atoms with Crippen LogP contribution in [0.25, 0.3) is 0 Å². The van der Waals surface area contributed by atoms with Crippen molar-refractivity contribution in [1.29, 1.82) is 0 Å². The molecule has 238 valence electrons. The highest BCUT2D eigenvalue weighted by Crippen LogP contribution is 2.42. The van der Waals surface area contributed by atoms with Gasteiger partial charge >= 0.3 is 12.4 Å². The van der Waals surface area contributed by atoms with Crippen molar-refractivity contribution in [2.24, 2.45) is 29.4 Å². The van der Waals surface area contributed by atoms with Gasteiger partial charge in [-0.15, -0.1) is 0 Å². The van der Waals surface area contributed by atoms with Gasteiger partial charge in [-0.25, -0.2) is 4.39 Å². The molecular formula is C27H45F7N6O. The van der Waals surface area contributed by atoms with Gasteiger partial charge < -0.3 is 10.5 Å². The first-order valence-corrected chi connectivity index (χ1v) is 15.0. The standard InChI is InChI=1S/C27H45F7N6O/c1-37-15-38(2)25(40(19-7-8-19)12-16-3-5-18(6-4-16)26(29,30)31)22(28)24(37)36-11-17-9-10-39(14-21-23(35)41-21)13-20(17)27(32,33)34/h16-25,36H,3-15,35H2,1-2H3. The molecule has 2 saturated carbocycles. The fourth-order valence-electron chi connectivity index (χ4n) is 7.41. The lowest BCUT2D eigenvalue weighted by Gasteiger charge is -2.51. The molecule has 5 rings (SSSR count). The summed E-state index contributed by atoms with van der Waals surface area (Å²) < 4.78 is 103. The van der Waals surface area contributed by atoms with E-state index in [4.69, 9.17) is 10.5 Å². The number of nitrogens with zero attached hydrogens (tertiary/aromatic N) is 4. The zero-order valence-corrected chi connectivity index (χ0v) is 23.9. The minimum atomic E-state index is -4.37. The maximum atomic E-state index is 16.4. The molecule has 0 bridgehead atoms. The predicted octanol–water partition coefficient (Wildman–Crippen LogP) is 3.42. The molecule has 7 atom stereocenters. The van der Waals surface area contributed by atoms with Gasteiger partial charge in [0.2, 0.25) is 0 Å². The second kappa shape index (κ2) is 12.3. The molecule has 0 spiro atoms. The van der Waals surface area contributed by atoms with E-state index in [1.807, 2.05) is 11.9 Å². The van der Waals surface area contributed by atoms with Crippen molar-refractivity contribution in [1.82, 2.24) is 24.9 Å². The van der Waals surface area contributed by atoms with Gasteiger partial charge in [-0.1, -0.05) is 0 Å². The average Bonchev–Trinajstić information content (AvgIpc) is 3.81. The number of hydrogen-bond donors (Lipinski definition) is 2. The number of epoxide rings is 1. The molecule has 3 heterocycles. The van der Waals surface area contributed by atoms with Crippen molar-refractivity contribution in [3.8, 4) is 0 Å². The number of hydrogen-bond acceptors (Lipinski definition) is 7. The zero-order valence-electron chi connectivity index (χ0n) is 23.9. The summed E-state index contributed by atoms with van der Waals surface area (Å²) in [5, 5.41) is 3.17. The van der Waals surface area contributed by atoms with Crippen LogP contribution in [0.15, 0.2) is 0 Å². The van der Waals surface area contributed by atoms with Crippen LogP contribution in [0.4, 0.5) is 30.7 Å². The van der Waals surface area contributed by atoms with E-state index in [9.17, 15) is 26.3 Å². The highest BCUT2D eigenvalue weighted by atomic mass is 19.4. The molecular weight excluding hydrogens is 557 g/mol. The number of likely N-dealkylation sites (tertiary alicyclic amines) is 1. The summed E-state index contributed by atoms with van der Waals surface area (Å²) in [5.41, 5.74) is 5.66. The topological polar surface area (TPSA) is 63.5 Å². The Morgan fingerprint density at radius 3 is 2.15 bits per heavy atom. The van der Waals surface area contributed by atoms with Gasteiger partial charge in [0.15, 0.2) is 6.17 Å². The number of halogens is 7. The van der Waals surface area contributed by atoms with Crippen LogP contribution in [0.5, 0.6) is 0 Å². The molecule has 2 aliphatic carbocycles. The van der Waals surface area contributed by atoms with Crippen LogP contribution in [0, 0.1) is 23.7 Å². The van der Waals surface area contributed by atoms with E-state index in [1.54, 1.807) is 16.8 Å². The smallest absolute Gasteiger partial charge is 0.352 e. The molecule has 3 saturated heterocycles. The normalized spacial score (nSPS) is 40.3. The van der Waals surface area contributed by atoms with Crippen LogP contribution < -0.4 is 11.1 Å². The third-order valence-corrected chi connectivity index (χ3v) is 10.0. The Morgan fingerprint density at radius 2 is 1.59 bits per heavy atom. The predicted molar refractivity (Wildman–Crippen MR) is 139 cm³/mol. The average molecular weight is 603 g/mol. The molecule has 5 fully saturated rings. The summed E-state index contributed by atoms with van der Waals surface area (Å²) in [6.07, 6.45) is -8.56. The highest BCUT2D eigenvalue weighted by Gasteiger charge is 2.51. The van der Waals surface area contributed by atoms with Crippen molar-refractivity contribution in [2.45, 2.75) is 94.2 Å². The summed E-state index contributed by atoms with van der Waals surface area (Å²) in [5.74, 6) is -3.39. The Kier molecular flexibility index (Phi) is 9.51. The van der Waals surface area contributed by atoms with Crippen molar-refractivity contribution in [3.63, 3.8) is 0 Å². The van der Waals surface area contributed by atoms with Crippen LogP contribution in [0.1, 0.15) is 44.9 Å². The van der Waals surface area contributed by atoms with E-state index in [1.165, 1.54) is 0 Å². The van der Waals surface area contributed by atoms with Gasteiger partial charge in [0, 0.05) is 32.2 Å². The molecule has 0 amide bonds. The first-order chi connectivity index (χ1) is 19.2. The second-order valence-electron chi connectivity index (χ2n) is 13.1. The number of nitrogens with one attached hydrogen (secondary N) is 1. The van der Waals surface area contributed by atoms with E-state index in [2.05, 4.69) is 10.2 Å². The lowest BCUT2D eigenvalue weighted by atomic mass is 9.81. The molecule has 0 aromatic heterocycles. The highest BCUT2D eigenvalue weighted by molar-refractivity contribution is 4.99. The Bertz CT molecular complexity index is 868. The van der Waals surface area contributed by atoms with Crippen LogP contribution in [0.2, 0.25) is 0 Å². The number of ether oxygens (including phenoxy) is 1. The van der Waals surface area contributed by atoms with E-state index >= 15 is 4.39 Å². The SMILES string of the molecule is CN1CN(C)C(N(CC2CCC(C(F)(F)F)CC2)C2CC2)C(F)C1NCC1CCN(CC2OC2N)CC1C(F)(F)F. The third kappa shape index (κ3) is 7.66. The Hall–Kier alpha value is -0.770. The largest absolute Gasteiger partial charge is 0.393 e. The maximum absolute atomic E-state index is 16.4. The van der Waals surface area contributed by atoms with E-state index in [-0.39, 0.29) is 44.0 Å². The Balaban J connectivity index is 1.20. The molecule has 0 aromatic rings. The quantitative estimate of drug-likeness (QED) is 0.310. The van der Waals surface area contributed by atoms with Gasteiger partial charge in [0.1, 0.15) is 12.3 Å². The van der Waals surface area contributed by atoms with Crippen molar-refractivity contribution in [3.05, 3.63) is 0 Å². The minimum absolute atomic E-state index is 0.0498. The molecule has 5 aliphatic rings. The fourth-order valence-corrected chi connectivity index (χ4v) is 7.41. The van der Waals surface area contributed by atoms with Gasteiger partial charge in [0.05, 0.1) is 30.8 Å². The second-order valence-corrected chi connectivity index (χ2v) is 13.1. The van der Waals surface area contributed by atoms with Gasteiger partial charge in [-0.05, 0) is 77.4 Å². The molecule has 7 nitrogen and oxygen atoms in total. The molecule has 3 aliphatic heterocycles. The summed E-state index contributed by atoms with van der Waals surface area (Å²) in [7, 11) is 3.60. The summed E-state index contributed by atoms with van der Waals surface area (Å²) in [4.78, 5) is 7.61. The van der Waals surface area contributed by atoms with Gasteiger partial charge in [0.25, 0.3) is 0 Å². The summed E-state index contributed by atoms with van der Waals surface area (Å²) in [6.45, 7) is 1.78. The molecule has 14 heteroatoms. The van der Waals surface area contributed by atoms with Crippen LogP contribution in [-0.4, -0.2) is 122 Å². The van der Waals surface area contributed by atoms with Crippen molar-refractivity contribution in [2.75, 3.05) is 53.5 Å². The Morgan fingerprint density at radius 1 is 0.927 bits per heavy atom. The molecule has 3 N–H and O–H groups in total. The van der Waals surface area contributed by atoms with Gasteiger partial charge in [-0.3, -0.25) is 24.9 Å². The molecule has 7 unspecified atom stereocenters. The zero-order chi connectivity index (χ0) is 29.7. The summed E-state index contributed by atoms with van der Waals surface area (Å²) >= 11 is 0. The monoisotopic (exact) mass is 602 g/mol. The lowest BCUT2D eigenvalue weighted by molar-refractivity contribution is -0.202. The third-order valence-electron chi connectivity index (χ3n) is 10.0. The molecule has 0 radical (unpaired) electrons. The number of nitrogens with two attached hydrogens (primary N) is 1. The first-order valence-electron chi connectivity index (χ1n) is 15.0. The lowest BCUT2D eigenvalue weighted by Crippen LogP contribution is -2.69. The summed E-state index contributed by atoms with van der Waals surface area (Å²) in [6, 6.07) is 0.188. The maximum Gasteiger partial charge on any atom is 0.393 e. The van der Waals surface area contributed by atoms with Crippen LogP contribution in [-0.2, 0) is 4.74 Å². The fraction of sp³-hybridized carbons (Fsp3) is 1.00. The van der Waals surface area contributed by atoms with E-state index < -0.39 is 54.8 Å². The number of rotatable bonds is 9. The van der Waals surface area contributed by atoms with Crippen molar-refractivity contribution >= 4 is 0 Å². The van der Waals surface area contributed by atoms with Crippen LogP contribution in [0.3, 0.4) is 0 Å². The molecule has 0 aromatic carbocycles. The van der Waals surface area contributed by atoms with Crippen molar-refractivity contribution < 1.29 is 35.5 Å². The van der Waals surface area contributed by atoms with Crippen LogP contribution >= 0.6 is 0 Å². The van der Waals surface area contributed by atoms with Gasteiger partial charge in [-0.2, -0.15) is 26.3 Å². The Labute approximate surface area is 237 Å². The number of piperidine rings is 1.